The first-order chi connectivity index (χ1) is 9.76. The van der Waals surface area contributed by atoms with Crippen LogP contribution in [0.1, 0.15) is 0 Å². The zero-order chi connectivity index (χ0) is 13.9. The molecule has 4 nitrogen and oxygen atoms in total. The van der Waals surface area contributed by atoms with Gasteiger partial charge >= 0.3 is 0 Å². The molecule has 20 heavy (non-hydrogen) atoms. The Hall–Kier alpha value is -2.62. The smallest absolute Gasteiger partial charge is 0.232 e. The summed E-state index contributed by atoms with van der Waals surface area (Å²) < 4.78 is 12.9. The fraction of sp³-hybridized carbons (Fsp3) is 0.125. The molecule has 2 heterocycles. The number of aromatic nitrogens is 2. The summed E-state index contributed by atoms with van der Waals surface area (Å²) in [6.45, 7) is 0. The first kappa shape index (κ1) is 12.4. The summed E-state index contributed by atoms with van der Waals surface area (Å²) in [5, 5.41) is 0. The molecule has 4 heteroatoms. The van der Waals surface area contributed by atoms with E-state index in [1.54, 1.807) is 13.3 Å². The first-order valence-electron chi connectivity index (χ1n) is 6.32. The van der Waals surface area contributed by atoms with E-state index >= 15 is 0 Å². The van der Waals surface area contributed by atoms with Crippen LogP contribution in [0.3, 0.4) is 0 Å². The quantitative estimate of drug-likeness (QED) is 0.685. The second kappa shape index (κ2) is 5.17. The molecule has 0 radical (unpaired) electrons. The van der Waals surface area contributed by atoms with Crippen molar-refractivity contribution in [1.29, 1.82) is 0 Å². The molecular formula is C16H15N2O2+. The second-order valence-corrected chi connectivity index (χ2v) is 4.52. The van der Waals surface area contributed by atoms with Crippen molar-refractivity contribution in [2.45, 2.75) is 0 Å². The van der Waals surface area contributed by atoms with Crippen LogP contribution < -0.4 is 9.30 Å². The predicted molar refractivity (Wildman–Crippen MR) is 75.1 cm³/mol. The summed E-state index contributed by atoms with van der Waals surface area (Å²) >= 11 is 0. The zero-order valence-electron chi connectivity index (χ0n) is 11.4. The van der Waals surface area contributed by atoms with Gasteiger partial charge < -0.3 is 9.15 Å². The van der Waals surface area contributed by atoms with Gasteiger partial charge in [-0.05, 0) is 30.3 Å². The number of benzene rings is 1. The molecule has 3 aromatic rings. The van der Waals surface area contributed by atoms with Gasteiger partial charge in [0.25, 0.3) is 0 Å². The van der Waals surface area contributed by atoms with Gasteiger partial charge in [0, 0.05) is 11.6 Å². The van der Waals surface area contributed by atoms with Crippen LogP contribution in [0.25, 0.3) is 22.8 Å². The highest BCUT2D eigenvalue weighted by Crippen LogP contribution is 2.26. The van der Waals surface area contributed by atoms with Crippen molar-refractivity contribution in [3.05, 3.63) is 55.0 Å². The SMILES string of the molecule is COc1ccc(-c2cnc(-c3ccc[n+](C)c3)o2)cc1. The van der Waals surface area contributed by atoms with Crippen LogP contribution in [-0.2, 0) is 7.05 Å². The number of oxazole rings is 1. The first-order valence-corrected chi connectivity index (χ1v) is 6.32. The van der Waals surface area contributed by atoms with E-state index in [-0.39, 0.29) is 0 Å². The highest BCUT2D eigenvalue weighted by atomic mass is 16.5. The molecule has 0 saturated carbocycles. The number of nitrogens with zero attached hydrogens (tertiary/aromatic N) is 2. The van der Waals surface area contributed by atoms with Gasteiger partial charge in [0.05, 0.1) is 13.3 Å². The minimum atomic E-state index is 0.618. The van der Waals surface area contributed by atoms with Crippen molar-refractivity contribution >= 4 is 0 Å². The number of methoxy groups -OCH3 is 1. The fourth-order valence-corrected chi connectivity index (χ4v) is 2.01. The Kier molecular flexibility index (Phi) is 3.21. The van der Waals surface area contributed by atoms with Crippen molar-refractivity contribution in [3.8, 4) is 28.5 Å². The molecule has 3 rings (SSSR count). The van der Waals surface area contributed by atoms with Gasteiger partial charge in [-0.1, -0.05) is 0 Å². The normalized spacial score (nSPS) is 10.5. The standard InChI is InChI=1S/C16H15N2O2/c1-18-9-3-4-13(11-18)16-17-10-15(20-16)12-5-7-14(19-2)8-6-12/h3-11H,1-2H3/q+1. The molecule has 0 saturated heterocycles. The maximum atomic E-state index is 5.82. The van der Waals surface area contributed by atoms with Gasteiger partial charge in [0.2, 0.25) is 5.89 Å². The highest BCUT2D eigenvalue weighted by Gasteiger charge is 2.10. The third-order valence-corrected chi connectivity index (χ3v) is 3.07. The van der Waals surface area contributed by atoms with E-state index < -0.39 is 0 Å². The highest BCUT2D eigenvalue weighted by molar-refractivity contribution is 5.61. The minimum absolute atomic E-state index is 0.618. The molecule has 0 aliphatic rings. The van der Waals surface area contributed by atoms with Crippen molar-refractivity contribution in [3.63, 3.8) is 0 Å². The second-order valence-electron chi connectivity index (χ2n) is 4.52. The van der Waals surface area contributed by atoms with Crippen LogP contribution in [0.15, 0.2) is 59.4 Å². The van der Waals surface area contributed by atoms with Gasteiger partial charge in [0.1, 0.15) is 18.4 Å². The minimum Gasteiger partial charge on any atom is -0.497 e. The summed E-state index contributed by atoms with van der Waals surface area (Å²) in [6, 6.07) is 11.7. The van der Waals surface area contributed by atoms with E-state index in [1.807, 2.05) is 60.4 Å². The van der Waals surface area contributed by atoms with Crippen LogP contribution in [0.5, 0.6) is 5.75 Å². The van der Waals surface area contributed by atoms with Crippen LogP contribution in [-0.4, -0.2) is 12.1 Å². The van der Waals surface area contributed by atoms with Crippen molar-refractivity contribution in [2.24, 2.45) is 7.05 Å². The summed E-state index contributed by atoms with van der Waals surface area (Å²) in [4.78, 5) is 4.34. The molecule has 0 aliphatic carbocycles. The van der Waals surface area contributed by atoms with Crippen LogP contribution in [0.2, 0.25) is 0 Å². The maximum Gasteiger partial charge on any atom is 0.232 e. The molecule has 0 bridgehead atoms. The van der Waals surface area contributed by atoms with Crippen molar-refractivity contribution in [2.75, 3.05) is 7.11 Å². The number of hydrogen-bond donors (Lipinski definition) is 0. The maximum absolute atomic E-state index is 5.82. The summed E-state index contributed by atoms with van der Waals surface area (Å²) in [5.41, 5.74) is 1.93. The Morgan fingerprint density at radius 1 is 1.10 bits per heavy atom. The van der Waals surface area contributed by atoms with Gasteiger partial charge in [-0.25, -0.2) is 9.55 Å². The number of rotatable bonds is 3. The third-order valence-electron chi connectivity index (χ3n) is 3.07. The predicted octanol–water partition coefficient (Wildman–Crippen LogP) is 2.84. The van der Waals surface area contributed by atoms with Crippen molar-refractivity contribution in [1.82, 2.24) is 4.98 Å². The molecule has 0 fully saturated rings. The van der Waals surface area contributed by atoms with Gasteiger partial charge in [0.15, 0.2) is 18.2 Å². The molecule has 0 aliphatic heterocycles. The van der Waals surface area contributed by atoms with E-state index in [2.05, 4.69) is 4.98 Å². The topological polar surface area (TPSA) is 39.1 Å². The largest absolute Gasteiger partial charge is 0.497 e. The van der Waals surface area contributed by atoms with Gasteiger partial charge in [-0.2, -0.15) is 0 Å². The van der Waals surface area contributed by atoms with E-state index in [0.29, 0.717) is 5.89 Å². The van der Waals surface area contributed by atoms with Crippen LogP contribution in [0, 0.1) is 0 Å². The number of hydrogen-bond acceptors (Lipinski definition) is 3. The molecule has 1 aromatic carbocycles. The van der Waals surface area contributed by atoms with E-state index in [4.69, 9.17) is 9.15 Å². The average Bonchev–Trinajstić information content (AvgIpc) is 2.97. The number of pyridine rings is 1. The number of aryl methyl sites for hydroxylation is 1. The molecule has 100 valence electrons. The lowest BCUT2D eigenvalue weighted by Crippen LogP contribution is -2.26. The molecular weight excluding hydrogens is 252 g/mol. The lowest BCUT2D eigenvalue weighted by molar-refractivity contribution is -0.671. The number of ether oxygens (including phenoxy) is 1. The Balaban J connectivity index is 1.93. The molecule has 0 N–H and O–H groups in total. The Bertz CT molecular complexity index is 717. The Morgan fingerprint density at radius 3 is 2.60 bits per heavy atom. The molecule has 2 aromatic heterocycles. The fourth-order valence-electron chi connectivity index (χ4n) is 2.01. The Labute approximate surface area is 117 Å². The lowest BCUT2D eigenvalue weighted by atomic mass is 10.2. The Morgan fingerprint density at radius 2 is 1.90 bits per heavy atom. The van der Waals surface area contributed by atoms with E-state index in [0.717, 1.165) is 22.6 Å². The summed E-state index contributed by atoms with van der Waals surface area (Å²) in [7, 11) is 3.62. The molecule has 0 amide bonds. The molecule has 0 unspecified atom stereocenters. The summed E-state index contributed by atoms with van der Waals surface area (Å²) in [5.74, 6) is 2.18. The van der Waals surface area contributed by atoms with Gasteiger partial charge in [-0.3, -0.25) is 0 Å². The monoisotopic (exact) mass is 267 g/mol. The van der Waals surface area contributed by atoms with Crippen LogP contribution >= 0.6 is 0 Å². The average molecular weight is 267 g/mol. The molecule has 0 spiro atoms. The van der Waals surface area contributed by atoms with E-state index in [1.165, 1.54) is 0 Å². The zero-order valence-corrected chi connectivity index (χ0v) is 11.4. The van der Waals surface area contributed by atoms with Gasteiger partial charge in [-0.15, -0.1) is 0 Å². The molecule has 0 atom stereocenters. The lowest BCUT2D eigenvalue weighted by Gasteiger charge is -2.00. The summed E-state index contributed by atoms with van der Waals surface area (Å²) in [6.07, 6.45) is 5.69. The van der Waals surface area contributed by atoms with Crippen molar-refractivity contribution < 1.29 is 13.7 Å². The van der Waals surface area contributed by atoms with E-state index in [9.17, 15) is 0 Å². The van der Waals surface area contributed by atoms with Crippen LogP contribution in [0.4, 0.5) is 0 Å². The third kappa shape index (κ3) is 2.40.